The zero-order valence-corrected chi connectivity index (χ0v) is 14.1. The van der Waals surface area contributed by atoms with Crippen molar-refractivity contribution in [2.75, 3.05) is 39.5 Å². The summed E-state index contributed by atoms with van der Waals surface area (Å²) in [5.41, 5.74) is 2.30. The van der Waals surface area contributed by atoms with Gasteiger partial charge in [0, 0.05) is 19.6 Å². The zero-order chi connectivity index (χ0) is 15.5. The fourth-order valence-electron chi connectivity index (χ4n) is 1.90. The minimum atomic E-state index is 0.0694. The molecule has 0 spiro atoms. The fraction of sp³-hybridized carbons (Fsp3) is 0.500. The van der Waals surface area contributed by atoms with Gasteiger partial charge in [-0.15, -0.1) is 0 Å². The van der Waals surface area contributed by atoms with E-state index >= 15 is 0 Å². The number of aromatic nitrogens is 2. The number of hydrogen-bond acceptors (Lipinski definition) is 5. The SMILES string of the molecule is OCCN(CCO)CCO.[Ge][CH2]n1cnc2ccccc21. The Morgan fingerprint density at radius 2 is 1.57 bits per heavy atom. The number of benzene rings is 1. The molecule has 0 unspecified atom stereocenters. The topological polar surface area (TPSA) is 81.8 Å². The Hall–Kier alpha value is -0.927. The molecule has 2 aromatic rings. The Balaban J connectivity index is 0.000000212. The van der Waals surface area contributed by atoms with Gasteiger partial charge >= 0.3 is 73.1 Å². The summed E-state index contributed by atoms with van der Waals surface area (Å²) in [6, 6.07) is 8.17. The monoisotopic (exact) mass is 354 g/mol. The molecule has 3 radical (unpaired) electrons. The first-order valence-electron chi connectivity index (χ1n) is 6.86. The molecule has 2 rings (SSSR count). The predicted octanol–water partition coefficient (Wildman–Crippen LogP) is -0.572. The molecule has 3 N–H and O–H groups in total. The van der Waals surface area contributed by atoms with Crippen molar-refractivity contribution in [2.24, 2.45) is 0 Å². The van der Waals surface area contributed by atoms with Gasteiger partial charge in [0.25, 0.3) is 0 Å². The average molecular weight is 353 g/mol. The van der Waals surface area contributed by atoms with Crippen LogP contribution < -0.4 is 0 Å². The predicted molar refractivity (Wildman–Crippen MR) is 83.2 cm³/mol. The third-order valence-electron chi connectivity index (χ3n) is 2.95. The van der Waals surface area contributed by atoms with Gasteiger partial charge < -0.3 is 15.3 Å². The number of imidazole rings is 1. The van der Waals surface area contributed by atoms with Crippen molar-refractivity contribution in [3.05, 3.63) is 30.6 Å². The molecule has 0 saturated carbocycles. The summed E-state index contributed by atoms with van der Waals surface area (Å²) in [7, 11) is 0. The molecule has 115 valence electrons. The van der Waals surface area contributed by atoms with Crippen LogP contribution in [0.4, 0.5) is 0 Å². The molecule has 21 heavy (non-hydrogen) atoms. The Morgan fingerprint density at radius 1 is 1.00 bits per heavy atom. The first kappa shape index (κ1) is 18.1. The summed E-state index contributed by atoms with van der Waals surface area (Å²) in [5.74, 6) is 0. The first-order valence-corrected chi connectivity index (χ1v) is 8.34. The average Bonchev–Trinajstić information content (AvgIpc) is 2.92. The Bertz CT molecular complexity index is 493. The fourth-order valence-corrected chi connectivity index (χ4v) is 2.42. The molecule has 0 aliphatic carbocycles. The van der Waals surface area contributed by atoms with Gasteiger partial charge in [-0.05, 0) is 0 Å². The van der Waals surface area contributed by atoms with Crippen LogP contribution >= 0.6 is 0 Å². The number of nitrogens with zero attached hydrogens (tertiary/aromatic N) is 3. The molecule has 6 nitrogen and oxygen atoms in total. The quantitative estimate of drug-likeness (QED) is 0.581. The van der Waals surface area contributed by atoms with Gasteiger partial charge in [-0.1, -0.05) is 0 Å². The van der Waals surface area contributed by atoms with Crippen molar-refractivity contribution in [2.45, 2.75) is 5.38 Å². The number of fused-ring (bicyclic) bond motifs is 1. The molecule has 0 atom stereocenters. The molecule has 0 saturated heterocycles. The van der Waals surface area contributed by atoms with Gasteiger partial charge in [-0.3, -0.25) is 4.90 Å². The number of para-hydroxylation sites is 2. The molecule has 0 amide bonds. The van der Waals surface area contributed by atoms with Crippen molar-refractivity contribution in [3.63, 3.8) is 0 Å². The second kappa shape index (κ2) is 10.8. The van der Waals surface area contributed by atoms with Crippen molar-refractivity contribution in [1.82, 2.24) is 14.5 Å². The first-order chi connectivity index (χ1) is 10.3. The van der Waals surface area contributed by atoms with E-state index in [0.717, 1.165) is 10.9 Å². The summed E-state index contributed by atoms with van der Waals surface area (Å²) in [5, 5.41) is 26.4. The van der Waals surface area contributed by atoms with E-state index in [1.165, 1.54) is 5.52 Å². The van der Waals surface area contributed by atoms with Crippen LogP contribution in [0.25, 0.3) is 11.0 Å². The van der Waals surface area contributed by atoms with Crippen molar-refractivity contribution < 1.29 is 15.3 Å². The van der Waals surface area contributed by atoms with Crippen molar-refractivity contribution >= 4 is 27.5 Å². The van der Waals surface area contributed by atoms with Crippen molar-refractivity contribution in [1.29, 1.82) is 0 Å². The van der Waals surface area contributed by atoms with Crippen LogP contribution in [0.5, 0.6) is 0 Å². The third kappa shape index (κ3) is 6.15. The van der Waals surface area contributed by atoms with Crippen LogP contribution in [0, 0.1) is 0 Å². The van der Waals surface area contributed by atoms with E-state index in [1.807, 2.05) is 24.5 Å². The number of aliphatic hydroxyl groups excluding tert-OH is 3. The van der Waals surface area contributed by atoms with Crippen LogP contribution in [0.1, 0.15) is 0 Å². The molecule has 0 bridgehead atoms. The van der Waals surface area contributed by atoms with Crippen LogP contribution in [0.3, 0.4) is 0 Å². The molecular weight excluding hydrogens is 331 g/mol. The van der Waals surface area contributed by atoms with Gasteiger partial charge in [0.05, 0.1) is 19.8 Å². The van der Waals surface area contributed by atoms with Crippen molar-refractivity contribution in [3.8, 4) is 0 Å². The normalized spacial score (nSPS) is 10.7. The van der Waals surface area contributed by atoms with E-state index in [-0.39, 0.29) is 19.8 Å². The Labute approximate surface area is 133 Å². The molecule has 7 heteroatoms. The van der Waals surface area contributed by atoms with E-state index in [2.05, 4.69) is 32.1 Å². The van der Waals surface area contributed by atoms with Gasteiger partial charge in [0.15, 0.2) is 0 Å². The zero-order valence-electron chi connectivity index (χ0n) is 12.0. The van der Waals surface area contributed by atoms with Crippen LogP contribution in [-0.2, 0) is 5.38 Å². The molecule has 1 heterocycles. The minimum absolute atomic E-state index is 0.0694. The second-order valence-electron chi connectivity index (χ2n) is 4.37. The van der Waals surface area contributed by atoms with Gasteiger partial charge in [0.2, 0.25) is 0 Å². The third-order valence-corrected chi connectivity index (χ3v) is 3.66. The van der Waals surface area contributed by atoms with Crippen LogP contribution in [0.2, 0.25) is 0 Å². The van der Waals surface area contributed by atoms with Gasteiger partial charge in [0.1, 0.15) is 0 Å². The van der Waals surface area contributed by atoms with E-state index in [0.29, 0.717) is 19.6 Å². The summed E-state index contributed by atoms with van der Waals surface area (Å²) >= 11 is 2.12. The Kier molecular flexibility index (Phi) is 9.28. The summed E-state index contributed by atoms with van der Waals surface area (Å²) in [6.07, 6.45) is 1.88. The maximum atomic E-state index is 8.48. The van der Waals surface area contributed by atoms with Crippen LogP contribution in [0.15, 0.2) is 30.6 Å². The van der Waals surface area contributed by atoms with Gasteiger partial charge in [-0.2, -0.15) is 0 Å². The number of rotatable bonds is 7. The van der Waals surface area contributed by atoms with E-state index in [9.17, 15) is 0 Å². The van der Waals surface area contributed by atoms with Crippen LogP contribution in [-0.4, -0.2) is 85.7 Å². The van der Waals surface area contributed by atoms with E-state index in [1.54, 1.807) is 4.90 Å². The van der Waals surface area contributed by atoms with Gasteiger partial charge in [-0.25, -0.2) is 0 Å². The summed E-state index contributed by atoms with van der Waals surface area (Å²) < 4.78 is 2.13. The summed E-state index contributed by atoms with van der Waals surface area (Å²) in [4.78, 5) is 6.04. The maximum absolute atomic E-state index is 8.48. The van der Waals surface area contributed by atoms with E-state index in [4.69, 9.17) is 15.3 Å². The molecular formula is C14H22GeN3O3. The molecule has 0 fully saturated rings. The summed E-state index contributed by atoms with van der Waals surface area (Å²) in [6.45, 7) is 1.75. The number of aliphatic hydroxyl groups is 3. The van der Waals surface area contributed by atoms with E-state index < -0.39 is 0 Å². The molecule has 1 aromatic carbocycles. The molecule has 0 aliphatic rings. The Morgan fingerprint density at radius 3 is 2.10 bits per heavy atom. The standard InChI is InChI=1S/C8H7GeN2.C6H15NO3/c9-5-11-6-10-7-3-1-2-4-8(7)11;8-4-1-7(2-5-9)3-6-10/h1-4,6H,5H2;8-10H,1-6H2. The molecule has 0 aliphatic heterocycles. The number of hydrogen-bond donors (Lipinski definition) is 3. The second-order valence-corrected chi connectivity index (χ2v) is 5.04. The molecule has 1 aromatic heterocycles.